The molecule has 2 heterocycles. The topological polar surface area (TPSA) is 289 Å². The molecule has 2 aromatic rings. The van der Waals surface area contributed by atoms with Crippen LogP contribution in [-0.4, -0.2) is 105 Å². The fourth-order valence-electron chi connectivity index (χ4n) is 4.94. The van der Waals surface area contributed by atoms with Crippen molar-refractivity contribution in [3.63, 3.8) is 0 Å². The number of aliphatic carboxylic acids is 3. The minimum absolute atomic E-state index is 0.0143. The van der Waals surface area contributed by atoms with Gasteiger partial charge in [-0.15, -0.1) is 0 Å². The molecule has 286 valence electrons. The molecular formula is C31H40ClN5O13S2. The van der Waals surface area contributed by atoms with Crippen LogP contribution < -0.4 is 20.5 Å². The molecule has 0 unspecified atom stereocenters. The summed E-state index contributed by atoms with van der Waals surface area (Å²) >= 11 is 5.72. The zero-order chi connectivity index (χ0) is 39.2. The maximum absolute atomic E-state index is 12.7. The van der Waals surface area contributed by atoms with Crippen molar-refractivity contribution >= 4 is 67.1 Å². The van der Waals surface area contributed by atoms with E-state index in [9.17, 15) is 45.9 Å². The number of likely N-dealkylation sites (tertiary alicyclic amines) is 1. The van der Waals surface area contributed by atoms with Gasteiger partial charge in [0.1, 0.15) is 21.9 Å². The first-order valence-corrected chi connectivity index (χ1v) is 18.9. The number of nitrogens with one attached hydrogen (secondary N) is 3. The second-order valence-electron chi connectivity index (χ2n) is 11.1. The van der Waals surface area contributed by atoms with E-state index in [2.05, 4.69) is 15.4 Å². The molecule has 52 heavy (non-hydrogen) atoms. The lowest BCUT2D eigenvalue weighted by Gasteiger charge is -2.27. The highest BCUT2D eigenvalue weighted by Gasteiger charge is 2.37. The van der Waals surface area contributed by atoms with Gasteiger partial charge in [-0.1, -0.05) is 41.9 Å². The fourth-order valence-corrected chi connectivity index (χ4v) is 7.22. The number of carbonyl (C=O) groups excluding carboxylic acids is 2. The Balaban J connectivity index is 0.000000317. The average molecular weight is 790 g/mol. The predicted octanol–water partition coefficient (Wildman–Crippen LogP) is 0.965. The Morgan fingerprint density at radius 1 is 1.10 bits per heavy atom. The van der Waals surface area contributed by atoms with Crippen LogP contribution in [0.15, 0.2) is 64.4 Å². The summed E-state index contributed by atoms with van der Waals surface area (Å²) in [5.74, 6) is -4.20. The molecule has 2 aliphatic rings. The van der Waals surface area contributed by atoms with Gasteiger partial charge in [0.25, 0.3) is 0 Å². The number of amides is 1. The lowest BCUT2D eigenvalue weighted by molar-refractivity contribution is -0.150. The zero-order valence-corrected chi connectivity index (χ0v) is 30.4. The summed E-state index contributed by atoms with van der Waals surface area (Å²) in [6.45, 7) is 4.10. The van der Waals surface area contributed by atoms with Gasteiger partial charge in [0.15, 0.2) is 0 Å². The third-order valence-corrected chi connectivity index (χ3v) is 10.1. The molecule has 8 N–H and O–H groups in total. The van der Waals surface area contributed by atoms with E-state index in [0.29, 0.717) is 44.4 Å². The Labute approximate surface area is 305 Å². The van der Waals surface area contributed by atoms with Crippen molar-refractivity contribution < 1.29 is 60.9 Å². The summed E-state index contributed by atoms with van der Waals surface area (Å²) in [7, 11) is -7.80. The summed E-state index contributed by atoms with van der Waals surface area (Å²) in [6.07, 6.45) is 3.40. The van der Waals surface area contributed by atoms with E-state index >= 15 is 0 Å². The Hall–Kier alpha value is -4.60. The second-order valence-corrected chi connectivity index (χ2v) is 14.8. The van der Waals surface area contributed by atoms with E-state index in [1.165, 1.54) is 11.0 Å². The summed E-state index contributed by atoms with van der Waals surface area (Å²) in [5.41, 5.74) is 1.33. The van der Waals surface area contributed by atoms with Crippen LogP contribution in [0.3, 0.4) is 0 Å². The number of hydrogen-bond acceptors (Lipinski definition) is 12. The number of halogens is 1. The molecule has 0 bridgehead atoms. The monoisotopic (exact) mass is 789 g/mol. The van der Waals surface area contributed by atoms with Crippen LogP contribution in [0.5, 0.6) is 0 Å². The van der Waals surface area contributed by atoms with Crippen molar-refractivity contribution in [1.82, 2.24) is 14.9 Å². The largest absolute Gasteiger partial charge is 0.480 e. The smallest absolute Gasteiger partial charge is 0.328 e. The van der Waals surface area contributed by atoms with Gasteiger partial charge in [-0.25, -0.2) is 36.4 Å². The number of nitrogens with zero attached hydrogens (tertiary/aromatic N) is 1. The number of fused-ring (bicyclic) bond motifs is 1. The number of aryl methyl sites for hydroxylation is 1. The number of primary sulfonamides is 1. The van der Waals surface area contributed by atoms with Gasteiger partial charge < -0.3 is 30.3 Å². The number of sulfonamides is 2. The lowest BCUT2D eigenvalue weighted by atomic mass is 10.0. The summed E-state index contributed by atoms with van der Waals surface area (Å²) in [4.78, 5) is 56.2. The van der Waals surface area contributed by atoms with Crippen LogP contribution in [0.2, 0.25) is 5.02 Å². The van der Waals surface area contributed by atoms with Crippen molar-refractivity contribution in [1.29, 1.82) is 0 Å². The number of benzene rings is 2. The number of carbonyl (C=O) groups is 5. The molecule has 0 saturated carbocycles. The van der Waals surface area contributed by atoms with Crippen molar-refractivity contribution in [3.8, 4) is 0 Å². The van der Waals surface area contributed by atoms with Crippen molar-refractivity contribution in [3.05, 3.63) is 65.2 Å². The maximum Gasteiger partial charge on any atom is 0.328 e. The van der Waals surface area contributed by atoms with Crippen LogP contribution in [0.4, 0.5) is 5.69 Å². The van der Waals surface area contributed by atoms with Crippen LogP contribution in [0.25, 0.3) is 0 Å². The van der Waals surface area contributed by atoms with E-state index in [1.807, 2.05) is 30.3 Å². The summed E-state index contributed by atoms with van der Waals surface area (Å²) < 4.78 is 53.0. The first-order valence-electron chi connectivity index (χ1n) is 15.5. The van der Waals surface area contributed by atoms with Crippen molar-refractivity contribution in [2.24, 2.45) is 5.14 Å². The van der Waals surface area contributed by atoms with Gasteiger partial charge in [0, 0.05) is 18.7 Å². The minimum Gasteiger partial charge on any atom is -0.480 e. The summed E-state index contributed by atoms with van der Waals surface area (Å²) in [5, 5.41) is 35.5. The summed E-state index contributed by atoms with van der Waals surface area (Å²) in [6, 6.07) is 9.84. The minimum atomic E-state index is -4.07. The van der Waals surface area contributed by atoms with E-state index < -0.39 is 66.9 Å². The number of carboxylic acids is 3. The van der Waals surface area contributed by atoms with E-state index in [-0.39, 0.29) is 34.8 Å². The quantitative estimate of drug-likeness (QED) is 0.116. The molecule has 1 fully saturated rings. The number of esters is 1. The molecule has 2 aromatic carbocycles. The van der Waals surface area contributed by atoms with Crippen molar-refractivity contribution in [2.75, 3.05) is 25.1 Å². The molecular weight excluding hydrogens is 750 g/mol. The Bertz CT molecular complexity index is 1840. The van der Waals surface area contributed by atoms with Crippen LogP contribution >= 0.6 is 11.6 Å². The van der Waals surface area contributed by atoms with Gasteiger partial charge in [0.05, 0.1) is 30.0 Å². The normalized spacial score (nSPS) is 17.2. The third kappa shape index (κ3) is 13.5. The number of ether oxygens (including phenoxy) is 1. The second kappa shape index (κ2) is 19.9. The zero-order valence-electron chi connectivity index (χ0n) is 28.0. The molecule has 4 rings (SSSR count). The SMILES string of the molecule is CCOC(=O)[C@H](CCc1ccccc1)N[C@@H](C)C(=O)N1CCC[C@H]1C(=O)O.NS(=O)(=O)c1cc2c(cc1Cl)NCNS2(=O)=O.O=C(O)/C=C\C(=O)O. The van der Waals surface area contributed by atoms with Crippen molar-refractivity contribution in [2.45, 2.75) is 67.4 Å². The highest BCUT2D eigenvalue weighted by atomic mass is 35.5. The number of rotatable bonds is 12. The fraction of sp³-hybridized carbons (Fsp3) is 0.387. The third-order valence-electron chi connectivity index (χ3n) is 7.32. The molecule has 18 nitrogen and oxygen atoms in total. The number of carboxylic acid groups (broad SMARTS) is 3. The van der Waals surface area contributed by atoms with Crippen LogP contribution in [-0.2, 0) is 55.2 Å². The molecule has 0 aromatic heterocycles. The number of nitrogens with two attached hydrogens (primary N) is 1. The lowest BCUT2D eigenvalue weighted by Crippen LogP contribution is -2.53. The molecule has 0 aliphatic carbocycles. The molecule has 3 atom stereocenters. The highest BCUT2D eigenvalue weighted by Crippen LogP contribution is 2.32. The number of hydrogen-bond donors (Lipinski definition) is 7. The predicted molar refractivity (Wildman–Crippen MR) is 186 cm³/mol. The molecule has 21 heteroatoms. The Morgan fingerprint density at radius 3 is 2.25 bits per heavy atom. The first kappa shape index (κ1) is 43.6. The van der Waals surface area contributed by atoms with Gasteiger partial charge in [0.2, 0.25) is 26.0 Å². The van der Waals surface area contributed by atoms with Gasteiger partial charge >= 0.3 is 23.9 Å². The Morgan fingerprint density at radius 2 is 1.71 bits per heavy atom. The standard InChI is InChI=1S/C20H28N2O5.C7H8ClN3O4S2.C4H4O4/c1-3-27-20(26)16(12-11-15-8-5-4-6-9-15)21-14(2)18(23)22-13-7-10-17(22)19(24)25;8-4-1-5-7(2-6(4)16(9,12)13)17(14,15)11-3-10-5;5-3(6)1-2-4(7)8/h4-6,8-9,14,16-17,21H,3,7,10-13H2,1-2H3,(H,24,25);1-2,10-11H,3H2,(H2,9,12,13);1-2H,(H,5,6)(H,7,8)/b;;2-1-/t14-,16-,17-;;/m0../s1. The average Bonchev–Trinajstić information content (AvgIpc) is 3.56. The van der Waals surface area contributed by atoms with E-state index in [0.717, 1.165) is 11.6 Å². The van der Waals surface area contributed by atoms with Gasteiger partial charge in [-0.05, 0) is 57.2 Å². The highest BCUT2D eigenvalue weighted by molar-refractivity contribution is 7.90. The molecule has 1 saturated heterocycles. The van der Waals surface area contributed by atoms with Crippen LogP contribution in [0.1, 0.15) is 38.7 Å². The van der Waals surface area contributed by atoms with Gasteiger partial charge in [-0.3, -0.25) is 14.9 Å². The molecule has 0 radical (unpaired) electrons. The molecule has 1 amide bonds. The van der Waals surface area contributed by atoms with Gasteiger partial charge in [-0.2, -0.15) is 4.72 Å². The molecule has 2 aliphatic heterocycles. The molecule has 0 spiro atoms. The van der Waals surface area contributed by atoms with Crippen LogP contribution in [0, 0.1) is 0 Å². The van der Waals surface area contributed by atoms with E-state index in [4.69, 9.17) is 31.7 Å². The first-order chi connectivity index (χ1) is 24.3. The maximum atomic E-state index is 12.7. The van der Waals surface area contributed by atoms with E-state index in [1.54, 1.807) is 13.8 Å². The Kier molecular flexibility index (Phi) is 16.6. The number of anilines is 1.